The van der Waals surface area contributed by atoms with E-state index in [4.69, 9.17) is 23.9 Å². The van der Waals surface area contributed by atoms with Gasteiger partial charge in [-0.1, -0.05) is 0 Å². The number of carbonyl (C=O) groups is 1. The number of pyridine rings is 1. The molecule has 5 rings (SSSR count). The summed E-state index contributed by atoms with van der Waals surface area (Å²) < 4.78 is 21.7. The number of aromatic nitrogens is 1. The van der Waals surface area contributed by atoms with Gasteiger partial charge in [0, 0.05) is 30.6 Å². The van der Waals surface area contributed by atoms with Gasteiger partial charge in [-0.15, -0.1) is 0 Å². The standard InChI is InChI=1S/C25H27N3O5/c1-30-18-4-5-21-19(14-18)20(25(29)26-7-2-8-28-9-11-31-12-10-28)15-22(27-21)17-3-6-23-24(13-17)33-16-32-23/h3-6,13-15H,2,7-12,16H2,1H3,(H,26,29). The van der Waals surface area contributed by atoms with Crippen LogP contribution in [0.4, 0.5) is 0 Å². The monoisotopic (exact) mass is 449 g/mol. The quantitative estimate of drug-likeness (QED) is 0.555. The Morgan fingerprint density at radius 3 is 2.79 bits per heavy atom. The Bertz CT molecular complexity index is 1160. The molecule has 2 aliphatic heterocycles. The highest BCUT2D eigenvalue weighted by molar-refractivity contribution is 6.07. The summed E-state index contributed by atoms with van der Waals surface area (Å²) in [6.45, 7) is 5.20. The zero-order valence-electron chi connectivity index (χ0n) is 18.6. The topological polar surface area (TPSA) is 82.1 Å². The number of nitrogens with one attached hydrogen (secondary N) is 1. The zero-order valence-corrected chi connectivity index (χ0v) is 18.6. The van der Waals surface area contributed by atoms with Crippen LogP contribution in [0.2, 0.25) is 0 Å². The molecule has 8 nitrogen and oxygen atoms in total. The minimum absolute atomic E-state index is 0.125. The van der Waals surface area contributed by atoms with Gasteiger partial charge in [-0.3, -0.25) is 9.69 Å². The van der Waals surface area contributed by atoms with E-state index in [0.717, 1.165) is 55.7 Å². The largest absolute Gasteiger partial charge is 0.497 e. The molecule has 0 aliphatic carbocycles. The van der Waals surface area contributed by atoms with Gasteiger partial charge in [0.05, 0.1) is 37.1 Å². The molecule has 2 aliphatic rings. The van der Waals surface area contributed by atoms with E-state index in [1.165, 1.54) is 0 Å². The third-order valence-corrected chi connectivity index (χ3v) is 5.97. The van der Waals surface area contributed by atoms with Crippen LogP contribution in [0.5, 0.6) is 17.2 Å². The SMILES string of the molecule is COc1ccc2nc(-c3ccc4c(c3)OCO4)cc(C(=O)NCCCN3CCOCC3)c2c1. The normalized spacial score (nSPS) is 15.5. The molecule has 8 heteroatoms. The van der Waals surface area contributed by atoms with Gasteiger partial charge < -0.3 is 24.3 Å². The second kappa shape index (κ2) is 9.64. The van der Waals surface area contributed by atoms with Crippen molar-refractivity contribution in [2.24, 2.45) is 0 Å². The van der Waals surface area contributed by atoms with E-state index in [-0.39, 0.29) is 12.7 Å². The molecule has 2 aromatic carbocycles. The van der Waals surface area contributed by atoms with Gasteiger partial charge in [0.2, 0.25) is 6.79 Å². The van der Waals surface area contributed by atoms with Gasteiger partial charge in [-0.2, -0.15) is 0 Å². The molecule has 1 aromatic heterocycles. The molecule has 0 bridgehead atoms. The minimum atomic E-state index is -0.125. The van der Waals surface area contributed by atoms with Crippen LogP contribution in [0.3, 0.4) is 0 Å². The second-order valence-electron chi connectivity index (χ2n) is 8.07. The van der Waals surface area contributed by atoms with Crippen LogP contribution in [0, 0.1) is 0 Å². The van der Waals surface area contributed by atoms with Crippen LogP contribution >= 0.6 is 0 Å². The van der Waals surface area contributed by atoms with Crippen LogP contribution in [0.25, 0.3) is 22.2 Å². The van der Waals surface area contributed by atoms with E-state index >= 15 is 0 Å². The molecule has 1 N–H and O–H groups in total. The third kappa shape index (κ3) is 4.72. The van der Waals surface area contributed by atoms with E-state index in [1.807, 2.05) is 42.5 Å². The van der Waals surface area contributed by atoms with Crippen molar-refractivity contribution in [3.63, 3.8) is 0 Å². The Morgan fingerprint density at radius 1 is 1.09 bits per heavy atom. The van der Waals surface area contributed by atoms with Gasteiger partial charge in [0.15, 0.2) is 11.5 Å². The Kier molecular flexibility index (Phi) is 6.28. The fourth-order valence-corrected chi connectivity index (χ4v) is 4.15. The molecule has 33 heavy (non-hydrogen) atoms. The lowest BCUT2D eigenvalue weighted by molar-refractivity contribution is 0.0374. The summed E-state index contributed by atoms with van der Waals surface area (Å²) in [5, 5.41) is 3.83. The lowest BCUT2D eigenvalue weighted by atomic mass is 10.0. The van der Waals surface area contributed by atoms with Gasteiger partial charge in [-0.25, -0.2) is 4.98 Å². The highest BCUT2D eigenvalue weighted by Gasteiger charge is 2.18. The van der Waals surface area contributed by atoms with E-state index in [2.05, 4.69) is 10.2 Å². The first-order valence-corrected chi connectivity index (χ1v) is 11.2. The Balaban J connectivity index is 1.39. The number of fused-ring (bicyclic) bond motifs is 2. The van der Waals surface area contributed by atoms with Crippen molar-refractivity contribution >= 4 is 16.8 Å². The fourth-order valence-electron chi connectivity index (χ4n) is 4.15. The number of hydrogen-bond acceptors (Lipinski definition) is 7. The lowest BCUT2D eigenvalue weighted by Crippen LogP contribution is -2.38. The van der Waals surface area contributed by atoms with Crippen LogP contribution in [-0.2, 0) is 4.74 Å². The Labute approximate surface area is 192 Å². The molecule has 0 unspecified atom stereocenters. The summed E-state index contributed by atoms with van der Waals surface area (Å²) in [5.74, 6) is 1.95. The number of nitrogens with zero attached hydrogens (tertiary/aromatic N) is 2. The van der Waals surface area contributed by atoms with Gasteiger partial charge >= 0.3 is 0 Å². The van der Waals surface area contributed by atoms with Crippen molar-refractivity contribution in [1.82, 2.24) is 15.2 Å². The molecule has 1 amide bonds. The van der Waals surface area contributed by atoms with E-state index < -0.39 is 0 Å². The van der Waals surface area contributed by atoms with Crippen LogP contribution in [0.15, 0.2) is 42.5 Å². The number of carbonyl (C=O) groups excluding carboxylic acids is 1. The molecule has 0 spiro atoms. The number of methoxy groups -OCH3 is 1. The molecule has 1 saturated heterocycles. The number of morpholine rings is 1. The average molecular weight is 450 g/mol. The number of rotatable bonds is 7. The molecule has 0 saturated carbocycles. The van der Waals surface area contributed by atoms with Crippen molar-refractivity contribution in [2.75, 3.05) is 53.3 Å². The molecule has 172 valence electrons. The molecular weight excluding hydrogens is 422 g/mol. The first kappa shape index (κ1) is 21.5. The van der Waals surface area contributed by atoms with Gasteiger partial charge in [0.25, 0.3) is 5.91 Å². The molecular formula is C25H27N3O5. The van der Waals surface area contributed by atoms with Crippen LogP contribution in [-0.4, -0.2) is 69.1 Å². The molecule has 3 heterocycles. The first-order valence-electron chi connectivity index (χ1n) is 11.2. The maximum absolute atomic E-state index is 13.2. The summed E-state index contributed by atoms with van der Waals surface area (Å²) in [6, 6.07) is 13.1. The first-order chi connectivity index (χ1) is 16.2. The Morgan fingerprint density at radius 2 is 1.94 bits per heavy atom. The lowest BCUT2D eigenvalue weighted by Gasteiger charge is -2.26. The summed E-state index contributed by atoms with van der Waals surface area (Å²) in [4.78, 5) is 20.4. The number of ether oxygens (including phenoxy) is 4. The van der Waals surface area contributed by atoms with Crippen molar-refractivity contribution in [2.45, 2.75) is 6.42 Å². The maximum atomic E-state index is 13.2. The van der Waals surface area contributed by atoms with Crippen molar-refractivity contribution < 1.29 is 23.7 Å². The predicted molar refractivity (Wildman–Crippen MR) is 124 cm³/mol. The van der Waals surface area contributed by atoms with Crippen LogP contribution < -0.4 is 19.5 Å². The molecule has 1 fully saturated rings. The summed E-state index contributed by atoms with van der Waals surface area (Å²) in [6.07, 6.45) is 0.882. The van der Waals surface area contributed by atoms with Gasteiger partial charge in [-0.05, 0) is 55.4 Å². The smallest absolute Gasteiger partial charge is 0.252 e. The molecule has 3 aromatic rings. The second-order valence-corrected chi connectivity index (χ2v) is 8.07. The summed E-state index contributed by atoms with van der Waals surface area (Å²) in [5.41, 5.74) is 2.85. The summed E-state index contributed by atoms with van der Waals surface area (Å²) >= 11 is 0. The maximum Gasteiger partial charge on any atom is 0.252 e. The van der Waals surface area contributed by atoms with E-state index in [1.54, 1.807) is 7.11 Å². The molecule has 0 atom stereocenters. The van der Waals surface area contributed by atoms with Gasteiger partial charge in [0.1, 0.15) is 5.75 Å². The van der Waals surface area contributed by atoms with E-state index in [9.17, 15) is 4.79 Å². The molecule has 0 radical (unpaired) electrons. The fraction of sp³-hybridized carbons (Fsp3) is 0.360. The predicted octanol–water partition coefficient (Wildman–Crippen LogP) is 3.09. The zero-order chi connectivity index (χ0) is 22.6. The minimum Gasteiger partial charge on any atom is -0.497 e. The number of hydrogen-bond donors (Lipinski definition) is 1. The van der Waals surface area contributed by atoms with Crippen molar-refractivity contribution in [3.8, 4) is 28.5 Å². The van der Waals surface area contributed by atoms with Crippen molar-refractivity contribution in [1.29, 1.82) is 0 Å². The Hall–Kier alpha value is -3.36. The van der Waals surface area contributed by atoms with Crippen molar-refractivity contribution in [3.05, 3.63) is 48.0 Å². The summed E-state index contributed by atoms with van der Waals surface area (Å²) in [7, 11) is 1.61. The van der Waals surface area contributed by atoms with E-state index in [0.29, 0.717) is 35.1 Å². The average Bonchev–Trinajstić information content (AvgIpc) is 3.34. The third-order valence-electron chi connectivity index (χ3n) is 5.97. The highest BCUT2D eigenvalue weighted by Crippen LogP contribution is 2.36. The number of benzene rings is 2. The van der Waals surface area contributed by atoms with Crippen LogP contribution in [0.1, 0.15) is 16.8 Å². The highest BCUT2D eigenvalue weighted by atomic mass is 16.7. The number of amides is 1.